The van der Waals surface area contributed by atoms with Gasteiger partial charge in [0.05, 0.1) is 50.9 Å². The smallest absolute Gasteiger partial charge is 0.339 e. The van der Waals surface area contributed by atoms with Crippen LogP contribution in [-0.2, 0) is 54.2 Å². The van der Waals surface area contributed by atoms with Crippen molar-refractivity contribution in [3.05, 3.63) is 60.8 Å². The van der Waals surface area contributed by atoms with E-state index in [0.29, 0.717) is 47.7 Å². The zero-order chi connectivity index (χ0) is 45.2. The number of benzene rings is 1. The van der Waals surface area contributed by atoms with E-state index in [1.54, 1.807) is 48.6 Å². The summed E-state index contributed by atoms with van der Waals surface area (Å²) in [7, 11) is 4.63. The molecule has 6 atom stereocenters. The second-order valence-corrected chi connectivity index (χ2v) is 15.5. The van der Waals surface area contributed by atoms with Crippen molar-refractivity contribution in [1.82, 2.24) is 34.1 Å². The fraction of sp³-hybridized carbons (Fsp3) is 0.512. The van der Waals surface area contributed by atoms with E-state index in [4.69, 9.17) is 33.2 Å². The van der Waals surface area contributed by atoms with E-state index in [0.717, 1.165) is 59.1 Å². The van der Waals surface area contributed by atoms with Gasteiger partial charge in [-0.2, -0.15) is 10.4 Å². The van der Waals surface area contributed by atoms with Gasteiger partial charge in [-0.15, -0.1) is 0 Å². The number of ether oxygens (including phenoxy) is 7. The predicted molar refractivity (Wildman–Crippen MR) is 220 cm³/mol. The topological polar surface area (TPSA) is 229 Å². The first-order valence-electron chi connectivity index (χ1n) is 20.5. The van der Waals surface area contributed by atoms with Crippen molar-refractivity contribution in [1.29, 1.82) is 5.26 Å². The van der Waals surface area contributed by atoms with Crippen molar-refractivity contribution >= 4 is 40.9 Å². The van der Waals surface area contributed by atoms with E-state index in [1.807, 2.05) is 28.9 Å². The quantitative estimate of drug-likeness (QED) is 0.0829. The lowest BCUT2D eigenvalue weighted by atomic mass is 9.96. The molecular weight excluding hydrogens is 821 g/mol. The summed E-state index contributed by atoms with van der Waals surface area (Å²) in [6.45, 7) is 4.31. The van der Waals surface area contributed by atoms with Crippen LogP contribution in [0.15, 0.2) is 55.2 Å². The van der Waals surface area contributed by atoms with Crippen LogP contribution < -0.4 is 4.74 Å². The molecule has 0 bridgehead atoms. The Bertz CT molecular complexity index is 2300. The number of esters is 4. The van der Waals surface area contributed by atoms with E-state index in [-0.39, 0.29) is 31.2 Å². The minimum absolute atomic E-state index is 0.0000584. The molecule has 20 nitrogen and oxygen atoms in total. The van der Waals surface area contributed by atoms with Gasteiger partial charge >= 0.3 is 29.9 Å². The molecule has 1 aliphatic carbocycles. The van der Waals surface area contributed by atoms with E-state index in [2.05, 4.69) is 21.1 Å². The number of likely N-dealkylation sites (N-methyl/N-ethyl adjacent to an activating group) is 2. The molecule has 20 heteroatoms. The highest BCUT2D eigenvalue weighted by Crippen LogP contribution is 2.37. The molecule has 2 aliphatic rings. The molecule has 336 valence electrons. The molecule has 1 amide bonds. The van der Waals surface area contributed by atoms with Crippen LogP contribution in [0, 0.1) is 17.2 Å². The molecule has 0 unspecified atom stereocenters. The average Bonchev–Trinajstić information content (AvgIpc) is 4.06. The Kier molecular flexibility index (Phi) is 15.4. The SMILES string of the molecule is COC(=O)[C@H]1O[C@@H](Oc2ccccc2COCN(C)CCN(C)C(=O)n2ccc3c(-c4cnn([C@H](CC#N)C5CCCC5)c4)ncnc32)[C@H](OC(C)=O)[C@@H](OC(C)=O)[C@@H]1OC(C)=O. The van der Waals surface area contributed by atoms with E-state index in [1.165, 1.54) is 10.9 Å². The lowest BCUT2D eigenvalue weighted by Crippen LogP contribution is -2.64. The molecule has 1 saturated carbocycles. The van der Waals surface area contributed by atoms with Gasteiger partial charge in [-0.3, -0.25) is 28.5 Å². The third-order valence-electron chi connectivity index (χ3n) is 10.9. The summed E-state index contributed by atoms with van der Waals surface area (Å²) < 4.78 is 42.6. The largest absolute Gasteiger partial charge is 0.467 e. The number of hydrogen-bond donors (Lipinski definition) is 0. The maximum absolute atomic E-state index is 13.7. The molecule has 0 spiro atoms. The summed E-state index contributed by atoms with van der Waals surface area (Å²) in [6.07, 6.45) is 3.97. The van der Waals surface area contributed by atoms with Gasteiger partial charge in [-0.25, -0.2) is 19.6 Å². The molecular formula is C43H52N8O12. The molecule has 1 aromatic carbocycles. The summed E-state index contributed by atoms with van der Waals surface area (Å²) in [5.41, 5.74) is 2.43. The summed E-state index contributed by atoms with van der Waals surface area (Å²) in [5, 5.41) is 14.8. The van der Waals surface area contributed by atoms with Gasteiger partial charge < -0.3 is 38.1 Å². The molecule has 0 radical (unpaired) electrons. The maximum atomic E-state index is 13.7. The Balaban J connectivity index is 1.07. The minimum atomic E-state index is -1.62. The van der Waals surface area contributed by atoms with Gasteiger partial charge in [0, 0.05) is 69.8 Å². The molecule has 3 aromatic heterocycles. The zero-order valence-corrected chi connectivity index (χ0v) is 36.1. The summed E-state index contributed by atoms with van der Waals surface area (Å²) >= 11 is 0. The Labute approximate surface area is 363 Å². The highest BCUT2D eigenvalue weighted by molar-refractivity contribution is 5.96. The second kappa shape index (κ2) is 21.1. The third kappa shape index (κ3) is 11.2. The summed E-state index contributed by atoms with van der Waals surface area (Å²) in [4.78, 5) is 75.5. The van der Waals surface area contributed by atoms with Crippen molar-refractivity contribution in [2.24, 2.45) is 5.92 Å². The van der Waals surface area contributed by atoms with E-state index in [9.17, 15) is 29.2 Å². The lowest BCUT2D eigenvalue weighted by molar-refractivity contribution is -0.282. The molecule has 6 rings (SSSR count). The maximum Gasteiger partial charge on any atom is 0.339 e. The number of hydrogen-bond acceptors (Lipinski definition) is 17. The van der Waals surface area contributed by atoms with Crippen molar-refractivity contribution in [2.75, 3.05) is 41.0 Å². The highest BCUT2D eigenvalue weighted by atomic mass is 16.7. The third-order valence-corrected chi connectivity index (χ3v) is 10.9. The van der Waals surface area contributed by atoms with Crippen LogP contribution in [0.5, 0.6) is 5.75 Å². The first kappa shape index (κ1) is 46.1. The Hall–Kier alpha value is -6.43. The average molecular weight is 873 g/mol. The molecule has 63 heavy (non-hydrogen) atoms. The summed E-state index contributed by atoms with van der Waals surface area (Å²) in [6, 6.07) is 10.6. The van der Waals surface area contributed by atoms with E-state index < -0.39 is 54.6 Å². The fourth-order valence-corrected chi connectivity index (χ4v) is 7.90. The predicted octanol–water partition coefficient (Wildman–Crippen LogP) is 4.02. The molecule has 4 heterocycles. The number of carbonyl (C=O) groups excluding carboxylic acids is 5. The second-order valence-electron chi connectivity index (χ2n) is 15.5. The molecule has 4 aromatic rings. The van der Waals surface area contributed by atoms with Crippen LogP contribution in [-0.4, -0.2) is 136 Å². The number of aromatic nitrogens is 5. The zero-order valence-electron chi connectivity index (χ0n) is 36.1. The van der Waals surface area contributed by atoms with Gasteiger partial charge in [0.25, 0.3) is 0 Å². The normalized spacial score (nSPS) is 20.4. The number of nitrogens with zero attached hydrogens (tertiary/aromatic N) is 8. The number of para-hydroxylation sites is 1. The van der Waals surface area contributed by atoms with E-state index >= 15 is 0 Å². The standard InChI is InChI=1S/C43H52N8O12/c1-26(52)59-36-37(60-27(2)53)39(61-28(3)54)42(63-38(36)41(55)57-6)62-34-14-10-9-13-30(34)23-58-25-48(4)19-20-49(5)43(56)50-18-16-32-35(45-24-46-40(32)50)31-21-47-51(22-31)33(15-17-44)29-11-7-8-12-29/h9-10,13-14,16,18,21-22,24,29,33,36-39,42H,7-8,11-12,15,19-20,23,25H2,1-6H3/t33-,36+,37+,38+,39-,42-/m1/s1. The first-order valence-corrected chi connectivity index (χ1v) is 20.5. The molecule has 2 fully saturated rings. The van der Waals surface area contributed by atoms with Gasteiger partial charge in [0.1, 0.15) is 12.1 Å². The minimum Gasteiger partial charge on any atom is -0.467 e. The van der Waals surface area contributed by atoms with Gasteiger partial charge in [0.15, 0.2) is 24.0 Å². The van der Waals surface area contributed by atoms with Crippen molar-refractivity contribution in [2.45, 2.75) is 96.2 Å². The Morgan fingerprint density at radius 1 is 0.937 bits per heavy atom. The number of fused-ring (bicyclic) bond motifs is 1. The summed E-state index contributed by atoms with van der Waals surface area (Å²) in [5.74, 6) is -2.72. The number of nitriles is 1. The van der Waals surface area contributed by atoms with Gasteiger partial charge in [0.2, 0.25) is 12.4 Å². The Morgan fingerprint density at radius 3 is 2.33 bits per heavy atom. The monoisotopic (exact) mass is 872 g/mol. The fourth-order valence-electron chi connectivity index (χ4n) is 7.90. The number of rotatable bonds is 17. The highest BCUT2D eigenvalue weighted by Gasteiger charge is 2.56. The van der Waals surface area contributed by atoms with Crippen molar-refractivity contribution in [3.63, 3.8) is 0 Å². The van der Waals surface area contributed by atoms with Crippen LogP contribution in [0.3, 0.4) is 0 Å². The van der Waals surface area contributed by atoms with Crippen molar-refractivity contribution in [3.8, 4) is 23.1 Å². The number of methoxy groups -OCH3 is 1. The van der Waals surface area contributed by atoms with Crippen LogP contribution in [0.4, 0.5) is 4.79 Å². The van der Waals surface area contributed by atoms with Gasteiger partial charge in [-0.1, -0.05) is 31.0 Å². The molecule has 0 N–H and O–H groups in total. The lowest BCUT2D eigenvalue weighted by Gasteiger charge is -2.43. The Morgan fingerprint density at radius 2 is 1.63 bits per heavy atom. The van der Waals surface area contributed by atoms with Crippen molar-refractivity contribution < 1.29 is 57.1 Å². The first-order chi connectivity index (χ1) is 30.3. The van der Waals surface area contributed by atoms with Crippen LogP contribution in [0.1, 0.15) is 64.5 Å². The van der Waals surface area contributed by atoms with Crippen LogP contribution in [0.2, 0.25) is 0 Å². The number of carbonyl (C=O) groups is 5. The van der Waals surface area contributed by atoms with Crippen LogP contribution in [0.25, 0.3) is 22.3 Å². The van der Waals surface area contributed by atoms with Gasteiger partial charge in [-0.05, 0) is 37.9 Å². The molecule has 1 saturated heterocycles. The number of amides is 1. The molecule has 1 aliphatic heterocycles. The van der Waals surface area contributed by atoms with Crippen LogP contribution >= 0.6 is 0 Å².